The van der Waals surface area contributed by atoms with E-state index in [0.717, 1.165) is 16.1 Å². The summed E-state index contributed by atoms with van der Waals surface area (Å²) in [5.74, 6) is 1.44. The first kappa shape index (κ1) is 24.9. The summed E-state index contributed by atoms with van der Waals surface area (Å²) in [5.41, 5.74) is 1.40. The average molecular weight is 485 g/mol. The Labute approximate surface area is 200 Å². The summed E-state index contributed by atoms with van der Waals surface area (Å²) in [5, 5.41) is 2.68. The summed E-state index contributed by atoms with van der Waals surface area (Å²) in [6.07, 6.45) is 1.06. The molecule has 1 amide bonds. The molecule has 0 saturated carbocycles. The highest BCUT2D eigenvalue weighted by atomic mass is 32.2. The van der Waals surface area contributed by atoms with Crippen LogP contribution in [0, 0.1) is 0 Å². The van der Waals surface area contributed by atoms with E-state index in [-0.39, 0.29) is 19.7 Å². The topological polar surface area (TPSA) is 94.2 Å². The zero-order valence-electron chi connectivity index (χ0n) is 19.1. The number of sulfonamides is 1. The molecule has 0 unspecified atom stereocenters. The number of carbonyl (C=O) groups excluding carboxylic acids is 1. The van der Waals surface area contributed by atoms with Crippen LogP contribution in [0.3, 0.4) is 0 Å². The minimum absolute atomic E-state index is 0.222. The molecule has 0 heterocycles. The molecule has 3 aromatic carbocycles. The lowest BCUT2D eigenvalue weighted by Gasteiger charge is -2.22. The standard InChI is InChI=1S/C25H28N2O6S/c1-31-23-9-6-10-24(17-23)32-16-15-26-25(28)18-27(34(2,29)30)21-11-13-22(14-12-21)33-19-20-7-4-3-5-8-20/h3-14,17H,15-16,18-19H2,1-2H3,(H,26,28). The molecular formula is C25H28N2O6S. The molecule has 0 aromatic heterocycles. The maximum absolute atomic E-state index is 12.4. The predicted molar refractivity (Wildman–Crippen MR) is 131 cm³/mol. The van der Waals surface area contributed by atoms with Crippen molar-refractivity contribution < 1.29 is 27.4 Å². The molecule has 34 heavy (non-hydrogen) atoms. The van der Waals surface area contributed by atoms with Crippen molar-refractivity contribution in [3.8, 4) is 17.2 Å². The number of rotatable bonds is 12. The fourth-order valence-corrected chi connectivity index (χ4v) is 3.94. The van der Waals surface area contributed by atoms with Gasteiger partial charge in [0.2, 0.25) is 15.9 Å². The van der Waals surface area contributed by atoms with Gasteiger partial charge < -0.3 is 19.5 Å². The summed E-state index contributed by atoms with van der Waals surface area (Å²) in [4.78, 5) is 12.4. The van der Waals surface area contributed by atoms with E-state index in [1.165, 1.54) is 0 Å². The normalized spacial score (nSPS) is 10.9. The highest BCUT2D eigenvalue weighted by molar-refractivity contribution is 7.92. The molecule has 9 heteroatoms. The van der Waals surface area contributed by atoms with E-state index >= 15 is 0 Å². The van der Waals surface area contributed by atoms with Gasteiger partial charge in [0.1, 0.15) is 37.0 Å². The second-order valence-corrected chi connectivity index (χ2v) is 9.32. The van der Waals surface area contributed by atoms with Crippen LogP contribution in [0.15, 0.2) is 78.9 Å². The smallest absolute Gasteiger partial charge is 0.240 e. The van der Waals surface area contributed by atoms with E-state index in [1.54, 1.807) is 55.6 Å². The quantitative estimate of drug-likeness (QED) is 0.397. The molecule has 0 aliphatic rings. The lowest BCUT2D eigenvalue weighted by atomic mass is 10.2. The summed E-state index contributed by atoms with van der Waals surface area (Å²) in [6, 6.07) is 23.4. The summed E-state index contributed by atoms with van der Waals surface area (Å²) in [6.45, 7) is 0.504. The minimum atomic E-state index is -3.68. The van der Waals surface area contributed by atoms with Crippen LogP contribution in [0.5, 0.6) is 17.2 Å². The molecule has 180 valence electrons. The number of anilines is 1. The van der Waals surface area contributed by atoms with E-state index < -0.39 is 15.9 Å². The highest BCUT2D eigenvalue weighted by Gasteiger charge is 2.20. The second-order valence-electron chi connectivity index (χ2n) is 7.42. The number of methoxy groups -OCH3 is 1. The third-order valence-electron chi connectivity index (χ3n) is 4.79. The van der Waals surface area contributed by atoms with E-state index in [1.807, 2.05) is 30.3 Å². The van der Waals surface area contributed by atoms with Crippen molar-refractivity contribution in [3.63, 3.8) is 0 Å². The number of nitrogens with one attached hydrogen (secondary N) is 1. The lowest BCUT2D eigenvalue weighted by Crippen LogP contribution is -2.41. The van der Waals surface area contributed by atoms with Gasteiger partial charge in [0, 0.05) is 6.07 Å². The summed E-state index contributed by atoms with van der Waals surface area (Å²) < 4.78 is 42.1. The molecule has 0 spiro atoms. The Balaban J connectivity index is 1.52. The third-order valence-corrected chi connectivity index (χ3v) is 5.94. The van der Waals surface area contributed by atoms with Crippen molar-refractivity contribution in [1.82, 2.24) is 5.32 Å². The molecule has 3 rings (SSSR count). The Morgan fingerprint density at radius 2 is 1.59 bits per heavy atom. The van der Waals surface area contributed by atoms with Gasteiger partial charge in [0.25, 0.3) is 0 Å². The summed E-state index contributed by atoms with van der Waals surface area (Å²) in [7, 11) is -2.11. The third kappa shape index (κ3) is 7.70. The van der Waals surface area contributed by atoms with E-state index in [0.29, 0.717) is 29.5 Å². The Bertz CT molecular complexity index is 1170. The molecule has 0 bridgehead atoms. The number of carbonyl (C=O) groups is 1. The Hall–Kier alpha value is -3.72. The molecule has 3 aromatic rings. The first-order chi connectivity index (χ1) is 16.3. The van der Waals surface area contributed by atoms with Crippen molar-refractivity contribution in [2.75, 3.05) is 37.4 Å². The number of benzene rings is 3. The second kappa shape index (κ2) is 11.9. The first-order valence-electron chi connectivity index (χ1n) is 10.6. The Kier molecular flexibility index (Phi) is 8.75. The number of hydrogen-bond acceptors (Lipinski definition) is 6. The molecule has 0 aliphatic heterocycles. The van der Waals surface area contributed by atoms with Crippen LogP contribution in [0.4, 0.5) is 5.69 Å². The van der Waals surface area contributed by atoms with Crippen LogP contribution in [0.2, 0.25) is 0 Å². The largest absolute Gasteiger partial charge is 0.497 e. The monoisotopic (exact) mass is 484 g/mol. The Morgan fingerprint density at radius 1 is 0.882 bits per heavy atom. The fourth-order valence-electron chi connectivity index (χ4n) is 3.09. The predicted octanol–water partition coefficient (Wildman–Crippen LogP) is 3.24. The van der Waals surface area contributed by atoms with Gasteiger partial charge in [0.15, 0.2) is 0 Å². The van der Waals surface area contributed by atoms with Gasteiger partial charge in [-0.1, -0.05) is 36.4 Å². The lowest BCUT2D eigenvalue weighted by molar-refractivity contribution is -0.119. The molecule has 8 nitrogen and oxygen atoms in total. The van der Waals surface area contributed by atoms with Crippen molar-refractivity contribution in [2.24, 2.45) is 0 Å². The van der Waals surface area contributed by atoms with Gasteiger partial charge in [-0.05, 0) is 42.0 Å². The highest BCUT2D eigenvalue weighted by Crippen LogP contribution is 2.22. The zero-order chi connectivity index (χ0) is 24.4. The first-order valence-corrected chi connectivity index (χ1v) is 12.5. The average Bonchev–Trinajstić information content (AvgIpc) is 2.84. The molecule has 0 aliphatic carbocycles. The van der Waals surface area contributed by atoms with Crippen molar-refractivity contribution >= 4 is 21.6 Å². The number of amides is 1. The van der Waals surface area contributed by atoms with Gasteiger partial charge in [-0.15, -0.1) is 0 Å². The van der Waals surface area contributed by atoms with Crippen molar-refractivity contribution in [1.29, 1.82) is 0 Å². The van der Waals surface area contributed by atoms with Crippen LogP contribution in [0.25, 0.3) is 0 Å². The molecule has 0 atom stereocenters. The fraction of sp³-hybridized carbons (Fsp3) is 0.240. The van der Waals surface area contributed by atoms with Crippen LogP contribution < -0.4 is 23.8 Å². The van der Waals surface area contributed by atoms with Gasteiger partial charge in [-0.25, -0.2) is 8.42 Å². The molecule has 1 N–H and O–H groups in total. The van der Waals surface area contributed by atoms with Crippen molar-refractivity contribution in [2.45, 2.75) is 6.61 Å². The maximum Gasteiger partial charge on any atom is 0.240 e. The van der Waals surface area contributed by atoms with Gasteiger partial charge in [-0.3, -0.25) is 9.10 Å². The molecule has 0 saturated heterocycles. The summed E-state index contributed by atoms with van der Waals surface area (Å²) >= 11 is 0. The van der Waals surface area contributed by atoms with Gasteiger partial charge >= 0.3 is 0 Å². The molecule has 0 fully saturated rings. The number of nitrogens with zero attached hydrogens (tertiary/aromatic N) is 1. The number of ether oxygens (including phenoxy) is 3. The van der Waals surface area contributed by atoms with E-state index in [4.69, 9.17) is 14.2 Å². The van der Waals surface area contributed by atoms with Crippen LogP contribution >= 0.6 is 0 Å². The minimum Gasteiger partial charge on any atom is -0.497 e. The SMILES string of the molecule is COc1cccc(OCCNC(=O)CN(c2ccc(OCc3ccccc3)cc2)S(C)(=O)=O)c1. The maximum atomic E-state index is 12.4. The Morgan fingerprint density at radius 3 is 2.26 bits per heavy atom. The van der Waals surface area contributed by atoms with Gasteiger partial charge in [-0.2, -0.15) is 0 Å². The van der Waals surface area contributed by atoms with Crippen LogP contribution in [-0.2, 0) is 21.4 Å². The van der Waals surface area contributed by atoms with Crippen LogP contribution in [0.1, 0.15) is 5.56 Å². The molecule has 0 radical (unpaired) electrons. The zero-order valence-corrected chi connectivity index (χ0v) is 20.0. The van der Waals surface area contributed by atoms with Crippen molar-refractivity contribution in [3.05, 3.63) is 84.4 Å². The molecular weight excluding hydrogens is 456 g/mol. The van der Waals surface area contributed by atoms with Crippen LogP contribution in [-0.4, -0.2) is 47.4 Å². The van der Waals surface area contributed by atoms with E-state index in [9.17, 15) is 13.2 Å². The number of hydrogen-bond donors (Lipinski definition) is 1. The van der Waals surface area contributed by atoms with E-state index in [2.05, 4.69) is 5.32 Å². The van der Waals surface area contributed by atoms with Gasteiger partial charge in [0.05, 0.1) is 25.6 Å².